The summed E-state index contributed by atoms with van der Waals surface area (Å²) >= 11 is 0. The Morgan fingerprint density at radius 3 is 1.78 bits per heavy atom. The third-order valence-corrected chi connectivity index (χ3v) is 9.69. The molecule has 0 spiro atoms. The van der Waals surface area contributed by atoms with Crippen LogP contribution in [0.1, 0.15) is 0 Å². The Hall–Kier alpha value is -6.91. The second-order valence-electron chi connectivity index (χ2n) is 12.8. The van der Waals surface area contributed by atoms with E-state index in [2.05, 4.69) is 144 Å². The SMILES string of the molecule is c1ccc(-c2ccc(N(c3ccccc3)c3ccc(-c4cc5ccccc5c5oc6ccc(-c7nc8ccccc8o7)cc6c45)cc3)cc2)cc1. The first-order chi connectivity index (χ1) is 25.3. The molecule has 0 aliphatic carbocycles. The Morgan fingerprint density at radius 1 is 0.412 bits per heavy atom. The lowest BCUT2D eigenvalue weighted by Gasteiger charge is -2.26. The lowest BCUT2D eigenvalue weighted by atomic mass is 9.94. The van der Waals surface area contributed by atoms with Gasteiger partial charge in [-0.1, -0.05) is 109 Å². The van der Waals surface area contributed by atoms with E-state index in [4.69, 9.17) is 13.8 Å². The summed E-state index contributed by atoms with van der Waals surface area (Å²) in [7, 11) is 0. The van der Waals surface area contributed by atoms with Crippen molar-refractivity contribution in [1.29, 1.82) is 0 Å². The third-order valence-electron chi connectivity index (χ3n) is 9.69. The molecule has 2 heterocycles. The number of para-hydroxylation sites is 3. The first kappa shape index (κ1) is 29.0. The van der Waals surface area contributed by atoms with Crippen LogP contribution in [0.15, 0.2) is 191 Å². The van der Waals surface area contributed by atoms with E-state index in [-0.39, 0.29) is 0 Å². The molecule has 0 fully saturated rings. The van der Waals surface area contributed by atoms with Gasteiger partial charge < -0.3 is 13.7 Å². The van der Waals surface area contributed by atoms with Crippen LogP contribution < -0.4 is 4.90 Å². The summed E-state index contributed by atoms with van der Waals surface area (Å²) in [6, 6.07) is 63.4. The van der Waals surface area contributed by atoms with Gasteiger partial charge in [-0.2, -0.15) is 0 Å². The molecular weight excluding hydrogens is 625 g/mol. The fourth-order valence-electron chi connectivity index (χ4n) is 7.22. The first-order valence-corrected chi connectivity index (χ1v) is 17.1. The van der Waals surface area contributed by atoms with Crippen molar-refractivity contribution in [2.24, 2.45) is 0 Å². The highest BCUT2D eigenvalue weighted by Gasteiger charge is 2.19. The Morgan fingerprint density at radius 2 is 1.02 bits per heavy atom. The average Bonchev–Trinajstić information content (AvgIpc) is 3.81. The number of furan rings is 1. The second kappa shape index (κ2) is 11.9. The molecular formula is C47H30N2O2. The molecule has 0 radical (unpaired) electrons. The average molecular weight is 655 g/mol. The minimum absolute atomic E-state index is 0.594. The number of nitrogens with zero attached hydrogens (tertiary/aromatic N) is 2. The minimum Gasteiger partial charge on any atom is -0.455 e. The molecule has 0 atom stereocenters. The number of hydrogen-bond acceptors (Lipinski definition) is 4. The van der Waals surface area contributed by atoms with Crippen molar-refractivity contribution in [3.63, 3.8) is 0 Å². The van der Waals surface area contributed by atoms with E-state index in [1.165, 1.54) is 11.1 Å². The maximum Gasteiger partial charge on any atom is 0.227 e. The summed E-state index contributed by atoms with van der Waals surface area (Å²) in [5.74, 6) is 0.594. The topological polar surface area (TPSA) is 42.4 Å². The van der Waals surface area contributed by atoms with Gasteiger partial charge in [-0.15, -0.1) is 0 Å². The second-order valence-corrected chi connectivity index (χ2v) is 12.8. The van der Waals surface area contributed by atoms with Crippen LogP contribution in [0.25, 0.3) is 77.5 Å². The molecule has 8 aromatic carbocycles. The fourth-order valence-corrected chi connectivity index (χ4v) is 7.22. The van der Waals surface area contributed by atoms with E-state index in [0.29, 0.717) is 5.89 Å². The molecule has 0 bridgehead atoms. The van der Waals surface area contributed by atoms with Crippen LogP contribution in [0.3, 0.4) is 0 Å². The van der Waals surface area contributed by atoms with Gasteiger partial charge in [0.2, 0.25) is 5.89 Å². The molecule has 0 aliphatic rings. The Balaban J connectivity index is 1.11. The van der Waals surface area contributed by atoms with E-state index in [1.807, 2.05) is 42.5 Å². The normalized spacial score (nSPS) is 11.5. The number of oxazole rings is 1. The van der Waals surface area contributed by atoms with Crippen LogP contribution in [0, 0.1) is 0 Å². The molecule has 0 amide bonds. The van der Waals surface area contributed by atoms with E-state index in [9.17, 15) is 0 Å². The summed E-state index contributed by atoms with van der Waals surface area (Å²) in [5, 5.41) is 4.32. The van der Waals surface area contributed by atoms with Gasteiger partial charge >= 0.3 is 0 Å². The number of rotatable bonds is 6. The number of fused-ring (bicyclic) bond motifs is 6. The monoisotopic (exact) mass is 654 g/mol. The third kappa shape index (κ3) is 5.04. The Kier molecular flexibility index (Phi) is 6.78. The minimum atomic E-state index is 0.594. The number of aromatic nitrogens is 1. The number of anilines is 3. The molecule has 4 nitrogen and oxygen atoms in total. The smallest absolute Gasteiger partial charge is 0.227 e. The summed E-state index contributed by atoms with van der Waals surface area (Å²) in [4.78, 5) is 7.08. The molecule has 0 saturated heterocycles. The molecule has 0 N–H and O–H groups in total. The van der Waals surface area contributed by atoms with E-state index < -0.39 is 0 Å². The summed E-state index contributed by atoms with van der Waals surface area (Å²) < 4.78 is 12.8. The highest BCUT2D eigenvalue weighted by molar-refractivity contribution is 6.21. The predicted molar refractivity (Wildman–Crippen MR) is 210 cm³/mol. The van der Waals surface area contributed by atoms with Crippen molar-refractivity contribution in [3.05, 3.63) is 182 Å². The highest BCUT2D eigenvalue weighted by atomic mass is 16.3. The predicted octanol–water partition coefficient (Wildman–Crippen LogP) is 13.4. The quantitative estimate of drug-likeness (QED) is 0.179. The van der Waals surface area contributed by atoms with Gasteiger partial charge in [0.1, 0.15) is 16.7 Å². The molecule has 10 aromatic rings. The Labute approximate surface area is 294 Å². The molecule has 240 valence electrons. The van der Waals surface area contributed by atoms with Crippen LogP contribution in [0.5, 0.6) is 0 Å². The lowest BCUT2D eigenvalue weighted by molar-refractivity contribution is 0.620. The van der Waals surface area contributed by atoms with Gasteiger partial charge in [-0.25, -0.2) is 4.98 Å². The van der Waals surface area contributed by atoms with Gasteiger partial charge in [-0.3, -0.25) is 0 Å². The largest absolute Gasteiger partial charge is 0.455 e. The maximum absolute atomic E-state index is 6.64. The van der Waals surface area contributed by atoms with Crippen LogP contribution in [-0.2, 0) is 0 Å². The van der Waals surface area contributed by atoms with E-state index in [1.54, 1.807) is 0 Å². The van der Waals surface area contributed by atoms with Crippen LogP contribution in [0.4, 0.5) is 17.1 Å². The molecule has 0 saturated carbocycles. The van der Waals surface area contributed by atoms with Crippen molar-refractivity contribution >= 4 is 60.9 Å². The number of hydrogen-bond donors (Lipinski definition) is 0. The lowest BCUT2D eigenvalue weighted by Crippen LogP contribution is -2.09. The molecule has 4 heteroatoms. The van der Waals surface area contributed by atoms with Crippen LogP contribution in [-0.4, -0.2) is 4.98 Å². The van der Waals surface area contributed by atoms with Gasteiger partial charge in [0.05, 0.1) is 0 Å². The first-order valence-electron chi connectivity index (χ1n) is 17.1. The van der Waals surface area contributed by atoms with Crippen LogP contribution >= 0.6 is 0 Å². The highest BCUT2D eigenvalue weighted by Crippen LogP contribution is 2.43. The zero-order chi connectivity index (χ0) is 33.7. The zero-order valence-electron chi connectivity index (χ0n) is 27.5. The number of benzene rings is 8. The summed E-state index contributed by atoms with van der Waals surface area (Å²) in [5.41, 5.74) is 12.1. The molecule has 51 heavy (non-hydrogen) atoms. The van der Waals surface area contributed by atoms with E-state index >= 15 is 0 Å². The van der Waals surface area contributed by atoms with Crippen molar-refractivity contribution in [2.45, 2.75) is 0 Å². The maximum atomic E-state index is 6.64. The van der Waals surface area contributed by atoms with Gasteiger partial charge in [-0.05, 0) is 100 Å². The standard InChI is InChI=1S/C47H30N2O2/c1-3-11-31(12-4-1)32-19-24-37(25-20-32)49(36-14-5-2-6-15-36)38-26-21-33(22-27-38)40-29-34-13-7-8-16-39(34)46-45(40)41-30-35(23-28-43(41)50-46)47-48-42-17-9-10-18-44(42)51-47/h1-30H. The Bertz CT molecular complexity index is 2800. The fraction of sp³-hybridized carbons (Fsp3) is 0. The van der Waals surface area contributed by atoms with Crippen molar-refractivity contribution in [3.8, 4) is 33.7 Å². The summed E-state index contributed by atoms with van der Waals surface area (Å²) in [6.07, 6.45) is 0. The van der Waals surface area contributed by atoms with Crippen molar-refractivity contribution in [2.75, 3.05) is 4.90 Å². The molecule has 0 unspecified atom stereocenters. The van der Waals surface area contributed by atoms with Gasteiger partial charge in [0.15, 0.2) is 5.58 Å². The van der Waals surface area contributed by atoms with Gasteiger partial charge in [0.25, 0.3) is 0 Å². The van der Waals surface area contributed by atoms with E-state index in [0.717, 1.165) is 77.6 Å². The van der Waals surface area contributed by atoms with Crippen molar-refractivity contribution in [1.82, 2.24) is 4.98 Å². The molecule has 10 rings (SSSR count). The molecule has 2 aromatic heterocycles. The zero-order valence-corrected chi connectivity index (χ0v) is 27.5. The van der Waals surface area contributed by atoms with Gasteiger partial charge in [0, 0.05) is 38.8 Å². The molecule has 0 aliphatic heterocycles. The summed E-state index contributed by atoms with van der Waals surface area (Å²) in [6.45, 7) is 0. The van der Waals surface area contributed by atoms with Crippen LogP contribution in [0.2, 0.25) is 0 Å². The van der Waals surface area contributed by atoms with Crippen molar-refractivity contribution < 1.29 is 8.83 Å².